The average Bonchev–Trinajstić information content (AvgIpc) is 2.52. The highest BCUT2D eigenvalue weighted by molar-refractivity contribution is 5.89. The topological polar surface area (TPSA) is 35.5 Å². The summed E-state index contributed by atoms with van der Waals surface area (Å²) < 4.78 is 10.6. The number of unbranched alkanes of at least 4 members (excludes halogenated alkanes) is 3. The number of ether oxygens (including phenoxy) is 2. The van der Waals surface area contributed by atoms with Gasteiger partial charge in [0.2, 0.25) is 0 Å². The van der Waals surface area contributed by atoms with Crippen molar-refractivity contribution in [1.29, 1.82) is 0 Å². The molecular weight excluding hydrogens is 264 g/mol. The van der Waals surface area contributed by atoms with E-state index in [0.29, 0.717) is 18.8 Å². The Morgan fingerprint density at radius 1 is 0.905 bits per heavy atom. The Hall–Kier alpha value is -1.35. The van der Waals surface area contributed by atoms with Crippen LogP contribution in [0.2, 0.25) is 0 Å². The number of carbonyl (C=O) groups excluding carboxylic acids is 1. The van der Waals surface area contributed by atoms with E-state index >= 15 is 0 Å². The molecule has 0 aromatic heterocycles. The van der Waals surface area contributed by atoms with Crippen molar-refractivity contribution in [3.05, 3.63) is 35.4 Å². The lowest BCUT2D eigenvalue weighted by atomic mass is 10.1. The van der Waals surface area contributed by atoms with Gasteiger partial charge in [-0.2, -0.15) is 0 Å². The highest BCUT2D eigenvalue weighted by atomic mass is 16.6. The van der Waals surface area contributed by atoms with Crippen molar-refractivity contribution in [1.82, 2.24) is 0 Å². The Morgan fingerprint density at radius 3 is 2.29 bits per heavy atom. The molecule has 0 amide bonds. The Labute approximate surface area is 128 Å². The van der Waals surface area contributed by atoms with Gasteiger partial charge in [-0.3, -0.25) is 0 Å². The van der Waals surface area contributed by atoms with Crippen LogP contribution in [0.3, 0.4) is 0 Å². The Bertz CT molecular complexity index is 384. The maximum atomic E-state index is 11.8. The molecular formula is C18H28O3. The van der Waals surface area contributed by atoms with Crippen molar-refractivity contribution in [3.63, 3.8) is 0 Å². The average molecular weight is 292 g/mol. The summed E-state index contributed by atoms with van der Waals surface area (Å²) in [6.45, 7) is 5.88. The molecule has 0 radical (unpaired) electrons. The van der Waals surface area contributed by atoms with E-state index in [-0.39, 0.29) is 5.97 Å². The molecule has 0 fully saturated rings. The molecule has 0 bridgehead atoms. The van der Waals surface area contributed by atoms with Gasteiger partial charge in [-0.1, -0.05) is 45.2 Å². The van der Waals surface area contributed by atoms with Crippen molar-refractivity contribution in [2.75, 3.05) is 19.8 Å². The van der Waals surface area contributed by atoms with Crippen LogP contribution in [0.4, 0.5) is 0 Å². The molecule has 1 aromatic carbocycles. The van der Waals surface area contributed by atoms with Crippen LogP contribution in [0, 0.1) is 0 Å². The monoisotopic (exact) mass is 292 g/mol. The van der Waals surface area contributed by atoms with E-state index in [4.69, 9.17) is 9.47 Å². The van der Waals surface area contributed by atoms with Crippen molar-refractivity contribution in [2.45, 2.75) is 52.4 Å². The number of hydrogen-bond donors (Lipinski definition) is 0. The van der Waals surface area contributed by atoms with Gasteiger partial charge in [-0.05, 0) is 37.0 Å². The third-order valence-electron chi connectivity index (χ3n) is 3.36. The Morgan fingerprint density at radius 2 is 1.62 bits per heavy atom. The van der Waals surface area contributed by atoms with E-state index < -0.39 is 0 Å². The molecule has 0 aliphatic carbocycles. The quantitative estimate of drug-likeness (QED) is 0.448. The molecule has 118 valence electrons. The Kier molecular flexibility index (Phi) is 9.55. The predicted octanol–water partition coefficient (Wildman–Crippen LogP) is 4.39. The number of carbonyl (C=O) groups is 1. The highest BCUT2D eigenvalue weighted by Crippen LogP contribution is 2.09. The molecule has 0 heterocycles. The highest BCUT2D eigenvalue weighted by Gasteiger charge is 2.06. The second-order valence-electron chi connectivity index (χ2n) is 5.26. The molecule has 0 unspecified atom stereocenters. The molecule has 0 atom stereocenters. The first-order valence-electron chi connectivity index (χ1n) is 8.11. The SMILES string of the molecule is CCCCCOCCOC(=O)c1ccc(CCCC)cc1. The first kappa shape index (κ1) is 17.7. The number of rotatable bonds is 11. The standard InChI is InChI=1S/C18H28O3/c1-3-5-7-13-20-14-15-21-18(19)17-11-9-16(10-12-17)8-6-4-2/h9-12H,3-8,13-15H2,1-2H3. The third kappa shape index (κ3) is 7.86. The van der Waals surface area contributed by atoms with Gasteiger partial charge in [0.05, 0.1) is 12.2 Å². The summed E-state index contributed by atoms with van der Waals surface area (Å²) in [5, 5.41) is 0. The van der Waals surface area contributed by atoms with Crippen LogP contribution in [0.5, 0.6) is 0 Å². The van der Waals surface area contributed by atoms with Crippen LogP contribution in [0.25, 0.3) is 0 Å². The van der Waals surface area contributed by atoms with E-state index in [0.717, 1.165) is 19.4 Å². The van der Waals surface area contributed by atoms with Gasteiger partial charge in [0, 0.05) is 6.61 Å². The van der Waals surface area contributed by atoms with E-state index in [9.17, 15) is 4.79 Å². The van der Waals surface area contributed by atoms with E-state index in [2.05, 4.69) is 13.8 Å². The van der Waals surface area contributed by atoms with E-state index in [1.54, 1.807) is 0 Å². The molecule has 0 N–H and O–H groups in total. The lowest BCUT2D eigenvalue weighted by Crippen LogP contribution is -2.11. The molecule has 0 aliphatic rings. The summed E-state index contributed by atoms with van der Waals surface area (Å²) >= 11 is 0. The summed E-state index contributed by atoms with van der Waals surface area (Å²) in [4.78, 5) is 11.8. The normalized spacial score (nSPS) is 10.6. The predicted molar refractivity (Wildman–Crippen MR) is 85.7 cm³/mol. The maximum absolute atomic E-state index is 11.8. The fourth-order valence-corrected chi connectivity index (χ4v) is 2.02. The van der Waals surface area contributed by atoms with Crippen molar-refractivity contribution in [3.8, 4) is 0 Å². The van der Waals surface area contributed by atoms with Gasteiger partial charge in [-0.25, -0.2) is 4.79 Å². The smallest absolute Gasteiger partial charge is 0.338 e. The largest absolute Gasteiger partial charge is 0.460 e. The summed E-state index contributed by atoms with van der Waals surface area (Å²) in [7, 11) is 0. The summed E-state index contributed by atoms with van der Waals surface area (Å²) in [5.74, 6) is -0.269. The molecule has 0 aliphatic heterocycles. The number of hydrogen-bond acceptors (Lipinski definition) is 3. The molecule has 0 saturated carbocycles. The fourth-order valence-electron chi connectivity index (χ4n) is 2.02. The zero-order valence-corrected chi connectivity index (χ0v) is 13.4. The summed E-state index contributed by atoms with van der Waals surface area (Å²) in [5.41, 5.74) is 1.88. The van der Waals surface area contributed by atoms with Gasteiger partial charge < -0.3 is 9.47 Å². The minimum absolute atomic E-state index is 0.269. The van der Waals surface area contributed by atoms with Crippen LogP contribution in [-0.4, -0.2) is 25.8 Å². The summed E-state index contributed by atoms with van der Waals surface area (Å²) in [6, 6.07) is 7.70. The number of aryl methyl sites for hydroxylation is 1. The van der Waals surface area contributed by atoms with Gasteiger partial charge in [0.1, 0.15) is 6.61 Å². The molecule has 1 aromatic rings. The lowest BCUT2D eigenvalue weighted by Gasteiger charge is -2.07. The maximum Gasteiger partial charge on any atom is 0.338 e. The minimum atomic E-state index is -0.269. The van der Waals surface area contributed by atoms with Crippen molar-refractivity contribution >= 4 is 5.97 Å². The summed E-state index contributed by atoms with van der Waals surface area (Å²) in [6.07, 6.45) is 6.87. The van der Waals surface area contributed by atoms with Crippen LogP contribution in [0.15, 0.2) is 24.3 Å². The van der Waals surface area contributed by atoms with Crippen LogP contribution in [-0.2, 0) is 15.9 Å². The van der Waals surface area contributed by atoms with Gasteiger partial charge in [0.15, 0.2) is 0 Å². The van der Waals surface area contributed by atoms with Crippen LogP contribution >= 0.6 is 0 Å². The minimum Gasteiger partial charge on any atom is -0.460 e. The number of esters is 1. The number of benzene rings is 1. The zero-order chi connectivity index (χ0) is 15.3. The van der Waals surface area contributed by atoms with Gasteiger partial charge in [0.25, 0.3) is 0 Å². The van der Waals surface area contributed by atoms with E-state index in [1.165, 1.54) is 31.2 Å². The second-order valence-corrected chi connectivity index (χ2v) is 5.26. The van der Waals surface area contributed by atoms with E-state index in [1.807, 2.05) is 24.3 Å². The second kappa shape index (κ2) is 11.3. The molecule has 3 heteroatoms. The molecule has 3 nitrogen and oxygen atoms in total. The zero-order valence-electron chi connectivity index (χ0n) is 13.4. The molecule has 21 heavy (non-hydrogen) atoms. The van der Waals surface area contributed by atoms with Crippen LogP contribution < -0.4 is 0 Å². The van der Waals surface area contributed by atoms with Gasteiger partial charge >= 0.3 is 5.97 Å². The molecule has 1 rings (SSSR count). The Balaban J connectivity index is 2.19. The van der Waals surface area contributed by atoms with Crippen molar-refractivity contribution in [2.24, 2.45) is 0 Å². The fraction of sp³-hybridized carbons (Fsp3) is 0.611. The van der Waals surface area contributed by atoms with Crippen molar-refractivity contribution < 1.29 is 14.3 Å². The van der Waals surface area contributed by atoms with Crippen LogP contribution in [0.1, 0.15) is 61.9 Å². The van der Waals surface area contributed by atoms with Gasteiger partial charge in [-0.15, -0.1) is 0 Å². The first-order valence-corrected chi connectivity index (χ1v) is 8.11. The lowest BCUT2D eigenvalue weighted by molar-refractivity contribution is 0.0312. The molecule has 0 saturated heterocycles. The first-order chi connectivity index (χ1) is 10.3. The molecule has 0 spiro atoms. The third-order valence-corrected chi connectivity index (χ3v) is 3.36.